The predicted molar refractivity (Wildman–Crippen MR) is 128 cm³/mol. The minimum atomic E-state index is -0.834. The molecule has 0 radical (unpaired) electrons. The van der Waals surface area contributed by atoms with Gasteiger partial charge in [0.2, 0.25) is 0 Å². The summed E-state index contributed by atoms with van der Waals surface area (Å²) in [6.45, 7) is 3.62. The molecule has 1 aliphatic carbocycles. The number of halogens is 1. The number of ether oxygens (including phenoxy) is 2. The number of anilines is 1. The Labute approximate surface area is 200 Å². The molecule has 1 aliphatic rings. The van der Waals surface area contributed by atoms with E-state index in [-0.39, 0.29) is 18.6 Å². The molecule has 174 valence electrons. The van der Waals surface area contributed by atoms with Gasteiger partial charge in [-0.1, -0.05) is 18.2 Å². The second kappa shape index (κ2) is 11.0. The minimum absolute atomic E-state index is 0.0859. The van der Waals surface area contributed by atoms with Gasteiger partial charge in [0, 0.05) is 11.7 Å². The van der Waals surface area contributed by atoms with E-state index >= 15 is 0 Å². The number of para-hydroxylation sites is 1. The van der Waals surface area contributed by atoms with Gasteiger partial charge in [-0.05, 0) is 71.4 Å². The van der Waals surface area contributed by atoms with Crippen molar-refractivity contribution in [2.24, 2.45) is 5.10 Å². The van der Waals surface area contributed by atoms with E-state index in [0.29, 0.717) is 21.5 Å². The first-order valence-electron chi connectivity index (χ1n) is 10.3. The zero-order valence-electron chi connectivity index (χ0n) is 18.5. The van der Waals surface area contributed by atoms with Crippen molar-refractivity contribution >= 4 is 45.6 Å². The Kier molecular flexibility index (Phi) is 8.05. The summed E-state index contributed by atoms with van der Waals surface area (Å²) in [6.07, 6.45) is 3.14. The lowest BCUT2D eigenvalue weighted by atomic mass is 10.1. The van der Waals surface area contributed by atoms with Crippen molar-refractivity contribution < 1.29 is 23.9 Å². The number of hydrogen-bond donors (Lipinski definition) is 3. The summed E-state index contributed by atoms with van der Waals surface area (Å²) < 4.78 is 11.6. The second-order valence-electron chi connectivity index (χ2n) is 7.58. The first-order chi connectivity index (χ1) is 15.8. The molecule has 1 fully saturated rings. The summed E-state index contributed by atoms with van der Waals surface area (Å²) in [7, 11) is 1.47. The molecule has 3 amide bonds. The molecule has 2 aromatic rings. The highest BCUT2D eigenvalue weighted by Crippen LogP contribution is 2.36. The van der Waals surface area contributed by atoms with Crippen molar-refractivity contribution in [3.8, 4) is 11.5 Å². The van der Waals surface area contributed by atoms with E-state index in [4.69, 9.17) is 9.47 Å². The van der Waals surface area contributed by atoms with Crippen LogP contribution in [0.25, 0.3) is 0 Å². The molecule has 0 saturated heterocycles. The van der Waals surface area contributed by atoms with Crippen LogP contribution >= 0.6 is 15.9 Å². The van der Waals surface area contributed by atoms with Gasteiger partial charge >= 0.3 is 11.8 Å². The molecule has 0 heterocycles. The maximum absolute atomic E-state index is 12.4. The van der Waals surface area contributed by atoms with Crippen LogP contribution in [0.4, 0.5) is 5.69 Å². The lowest BCUT2D eigenvalue weighted by molar-refractivity contribution is -0.139. The minimum Gasteiger partial charge on any atom is -0.493 e. The molecule has 0 unspecified atom stereocenters. The lowest BCUT2D eigenvalue weighted by Gasteiger charge is -2.15. The van der Waals surface area contributed by atoms with Gasteiger partial charge in [0.05, 0.1) is 17.8 Å². The van der Waals surface area contributed by atoms with E-state index in [1.165, 1.54) is 13.3 Å². The SMILES string of the molecule is COc1cc(/C=N\NC(=O)C(=O)NC2CC2)cc(Br)c1OCC(=O)Nc1c(C)cccc1C. The molecule has 33 heavy (non-hydrogen) atoms. The largest absolute Gasteiger partial charge is 0.493 e. The van der Waals surface area contributed by atoms with Crippen LogP contribution in [-0.2, 0) is 14.4 Å². The number of amides is 3. The molecular weight excluding hydrogens is 492 g/mol. The van der Waals surface area contributed by atoms with Crippen LogP contribution in [0.5, 0.6) is 11.5 Å². The first kappa shape index (κ1) is 24.2. The Hall–Kier alpha value is -3.40. The number of rotatable bonds is 8. The van der Waals surface area contributed by atoms with Gasteiger partial charge < -0.3 is 20.1 Å². The van der Waals surface area contributed by atoms with Crippen molar-refractivity contribution in [1.82, 2.24) is 10.7 Å². The molecule has 1 saturated carbocycles. The van der Waals surface area contributed by atoms with Crippen LogP contribution in [0.15, 0.2) is 39.9 Å². The van der Waals surface area contributed by atoms with Gasteiger partial charge in [-0.3, -0.25) is 14.4 Å². The van der Waals surface area contributed by atoms with Crippen LogP contribution in [-0.4, -0.2) is 43.7 Å². The number of carbonyl (C=O) groups is 3. The summed E-state index contributed by atoms with van der Waals surface area (Å²) in [6, 6.07) is 9.17. The van der Waals surface area contributed by atoms with Gasteiger partial charge in [-0.2, -0.15) is 5.10 Å². The fourth-order valence-corrected chi connectivity index (χ4v) is 3.55. The van der Waals surface area contributed by atoms with Crippen LogP contribution in [0, 0.1) is 13.8 Å². The van der Waals surface area contributed by atoms with Gasteiger partial charge in [0.15, 0.2) is 18.1 Å². The molecule has 0 bridgehead atoms. The number of benzene rings is 2. The van der Waals surface area contributed by atoms with E-state index < -0.39 is 11.8 Å². The fraction of sp³-hybridized carbons (Fsp3) is 0.304. The van der Waals surface area contributed by atoms with Crippen LogP contribution < -0.4 is 25.5 Å². The molecule has 0 atom stereocenters. The normalized spacial score (nSPS) is 12.8. The Bertz CT molecular complexity index is 1080. The zero-order valence-corrected chi connectivity index (χ0v) is 20.1. The van der Waals surface area contributed by atoms with E-state index in [1.54, 1.807) is 12.1 Å². The average molecular weight is 517 g/mol. The molecule has 3 N–H and O–H groups in total. The summed E-state index contributed by atoms with van der Waals surface area (Å²) in [4.78, 5) is 35.8. The topological polar surface area (TPSA) is 118 Å². The van der Waals surface area contributed by atoms with Crippen molar-refractivity contribution in [1.29, 1.82) is 0 Å². The van der Waals surface area contributed by atoms with E-state index in [9.17, 15) is 14.4 Å². The van der Waals surface area contributed by atoms with Crippen molar-refractivity contribution in [2.75, 3.05) is 19.0 Å². The molecule has 10 heteroatoms. The molecular formula is C23H25BrN4O5. The Morgan fingerprint density at radius 1 is 1.15 bits per heavy atom. The van der Waals surface area contributed by atoms with Crippen LogP contribution in [0.2, 0.25) is 0 Å². The molecule has 9 nitrogen and oxygen atoms in total. The van der Waals surface area contributed by atoms with E-state index in [1.807, 2.05) is 32.0 Å². The van der Waals surface area contributed by atoms with Gasteiger partial charge in [-0.15, -0.1) is 0 Å². The number of hydrogen-bond acceptors (Lipinski definition) is 6. The van der Waals surface area contributed by atoms with Crippen molar-refractivity contribution in [3.63, 3.8) is 0 Å². The van der Waals surface area contributed by atoms with Gasteiger partial charge in [0.25, 0.3) is 5.91 Å². The fourth-order valence-electron chi connectivity index (χ4n) is 2.97. The molecule has 0 spiro atoms. The van der Waals surface area contributed by atoms with Gasteiger partial charge in [-0.25, -0.2) is 5.43 Å². The molecule has 2 aromatic carbocycles. The highest BCUT2D eigenvalue weighted by atomic mass is 79.9. The third-order valence-electron chi connectivity index (χ3n) is 4.84. The summed E-state index contributed by atoms with van der Waals surface area (Å²) in [5.41, 5.74) is 5.45. The molecule has 0 aliphatic heterocycles. The smallest absolute Gasteiger partial charge is 0.329 e. The Balaban J connectivity index is 1.60. The zero-order chi connectivity index (χ0) is 24.0. The summed E-state index contributed by atoms with van der Waals surface area (Å²) in [5, 5.41) is 9.25. The Morgan fingerprint density at radius 2 is 1.85 bits per heavy atom. The highest BCUT2D eigenvalue weighted by molar-refractivity contribution is 9.10. The third kappa shape index (κ3) is 6.79. The predicted octanol–water partition coefficient (Wildman–Crippen LogP) is 2.82. The molecule has 3 rings (SSSR count). The van der Waals surface area contributed by atoms with Crippen LogP contribution in [0.1, 0.15) is 29.5 Å². The second-order valence-corrected chi connectivity index (χ2v) is 8.44. The lowest BCUT2D eigenvalue weighted by Crippen LogP contribution is -2.38. The first-order valence-corrected chi connectivity index (χ1v) is 11.1. The number of methoxy groups -OCH3 is 1. The quantitative estimate of drug-likeness (QED) is 0.283. The van der Waals surface area contributed by atoms with Crippen molar-refractivity contribution in [3.05, 3.63) is 51.5 Å². The van der Waals surface area contributed by atoms with Gasteiger partial charge in [0.1, 0.15) is 0 Å². The third-order valence-corrected chi connectivity index (χ3v) is 5.43. The Morgan fingerprint density at radius 3 is 2.48 bits per heavy atom. The van der Waals surface area contributed by atoms with E-state index in [0.717, 1.165) is 29.7 Å². The summed E-state index contributed by atoms with van der Waals surface area (Å²) >= 11 is 3.41. The number of hydrazone groups is 1. The number of aryl methyl sites for hydroxylation is 2. The van der Waals surface area contributed by atoms with Crippen LogP contribution in [0.3, 0.4) is 0 Å². The standard InChI is InChI=1S/C23H25BrN4O5/c1-13-5-4-6-14(2)20(13)27-19(29)12-33-21-17(24)9-15(10-18(21)32-3)11-25-28-23(31)22(30)26-16-7-8-16/h4-6,9-11,16H,7-8,12H2,1-3H3,(H,26,30)(H,27,29)(H,28,31)/b25-11-. The maximum atomic E-state index is 12.4. The number of carbonyl (C=O) groups excluding carboxylic acids is 3. The average Bonchev–Trinajstić information content (AvgIpc) is 3.59. The monoisotopic (exact) mass is 516 g/mol. The number of nitrogens with zero attached hydrogens (tertiary/aromatic N) is 1. The summed E-state index contributed by atoms with van der Waals surface area (Å²) in [5.74, 6) is -1.14. The molecule has 0 aromatic heterocycles. The highest BCUT2D eigenvalue weighted by Gasteiger charge is 2.26. The van der Waals surface area contributed by atoms with E-state index in [2.05, 4.69) is 37.1 Å². The van der Waals surface area contributed by atoms with Crippen molar-refractivity contribution in [2.45, 2.75) is 32.7 Å². The number of nitrogens with one attached hydrogen (secondary N) is 3. The maximum Gasteiger partial charge on any atom is 0.329 e.